The van der Waals surface area contributed by atoms with Gasteiger partial charge in [0.15, 0.2) is 11.7 Å². The van der Waals surface area contributed by atoms with Gasteiger partial charge in [-0.1, -0.05) is 49.1 Å². The average Bonchev–Trinajstić information content (AvgIpc) is 2.76. The summed E-state index contributed by atoms with van der Waals surface area (Å²) in [5, 5.41) is 2.33. The predicted octanol–water partition coefficient (Wildman–Crippen LogP) is 4.34. The fourth-order valence-electron chi connectivity index (χ4n) is 3.26. The summed E-state index contributed by atoms with van der Waals surface area (Å²) in [5.74, 6) is -0.846. The van der Waals surface area contributed by atoms with Gasteiger partial charge in [0.2, 0.25) is 0 Å². The van der Waals surface area contributed by atoms with Crippen LogP contribution in [0.15, 0.2) is 73.3 Å². The summed E-state index contributed by atoms with van der Waals surface area (Å²) in [6.45, 7) is 3.91. The van der Waals surface area contributed by atoms with Crippen molar-refractivity contribution in [2.45, 2.75) is 6.61 Å². The molecule has 0 fully saturated rings. The maximum Gasteiger partial charge on any atom is 0.320 e. The zero-order valence-corrected chi connectivity index (χ0v) is 15.8. The topological polar surface area (TPSA) is 61.8 Å². The SMILES string of the molecule is C=CCOC(=O)C1COc2cc(OCc3ccc4ccccc4c3)ccc2C1=O. The van der Waals surface area contributed by atoms with Gasteiger partial charge in [0.05, 0.1) is 5.56 Å². The Balaban J connectivity index is 1.45. The van der Waals surface area contributed by atoms with Crippen LogP contribution in [0.3, 0.4) is 0 Å². The number of carbonyl (C=O) groups excluding carboxylic acids is 2. The normalized spacial score (nSPS) is 15.3. The van der Waals surface area contributed by atoms with Crippen molar-refractivity contribution in [3.63, 3.8) is 0 Å². The van der Waals surface area contributed by atoms with Gasteiger partial charge in [-0.2, -0.15) is 0 Å². The monoisotopic (exact) mass is 388 g/mol. The number of ketones is 1. The van der Waals surface area contributed by atoms with Crippen LogP contribution in [0.1, 0.15) is 15.9 Å². The van der Waals surface area contributed by atoms with Gasteiger partial charge in [0.25, 0.3) is 0 Å². The van der Waals surface area contributed by atoms with Gasteiger partial charge in [0.1, 0.15) is 31.3 Å². The average molecular weight is 388 g/mol. The lowest BCUT2D eigenvalue weighted by Crippen LogP contribution is -2.35. The lowest BCUT2D eigenvalue weighted by molar-refractivity contribution is -0.146. The van der Waals surface area contributed by atoms with Crippen LogP contribution in [0.25, 0.3) is 10.8 Å². The fraction of sp³-hybridized carbons (Fsp3) is 0.167. The molecular weight excluding hydrogens is 368 g/mol. The maximum atomic E-state index is 12.6. The third kappa shape index (κ3) is 3.99. The molecule has 0 N–H and O–H groups in total. The largest absolute Gasteiger partial charge is 0.491 e. The van der Waals surface area contributed by atoms with Crippen molar-refractivity contribution in [3.8, 4) is 11.5 Å². The van der Waals surface area contributed by atoms with Crippen molar-refractivity contribution < 1.29 is 23.8 Å². The highest BCUT2D eigenvalue weighted by Crippen LogP contribution is 2.32. The first-order valence-electron chi connectivity index (χ1n) is 9.35. The Bertz CT molecular complexity index is 1090. The molecule has 3 aromatic carbocycles. The zero-order chi connectivity index (χ0) is 20.2. The highest BCUT2D eigenvalue weighted by molar-refractivity contribution is 6.11. The number of rotatable bonds is 6. The van der Waals surface area contributed by atoms with Gasteiger partial charge in [-0.15, -0.1) is 0 Å². The van der Waals surface area contributed by atoms with Gasteiger partial charge >= 0.3 is 5.97 Å². The molecule has 1 unspecified atom stereocenters. The minimum atomic E-state index is -0.952. The standard InChI is InChI=1S/C24H20O5/c1-2-11-27-24(26)21-15-29-22-13-19(9-10-20(22)23(21)25)28-14-16-7-8-17-5-3-4-6-18(17)12-16/h2-10,12-13,21H,1,11,14-15H2. The van der Waals surface area contributed by atoms with Gasteiger partial charge in [-0.05, 0) is 34.5 Å². The summed E-state index contributed by atoms with van der Waals surface area (Å²) in [6.07, 6.45) is 1.46. The number of carbonyl (C=O) groups is 2. The molecule has 0 bridgehead atoms. The molecule has 1 aliphatic rings. The summed E-state index contributed by atoms with van der Waals surface area (Å²) in [4.78, 5) is 24.6. The van der Waals surface area contributed by atoms with E-state index in [1.807, 2.05) is 18.2 Å². The molecule has 0 saturated heterocycles. The number of Topliss-reactive ketones (excluding diaryl/α,β-unsaturated/α-hetero) is 1. The van der Waals surface area contributed by atoms with Crippen molar-refractivity contribution >= 4 is 22.5 Å². The Morgan fingerprint density at radius 2 is 1.93 bits per heavy atom. The molecule has 0 spiro atoms. The van der Waals surface area contributed by atoms with E-state index in [-0.39, 0.29) is 19.0 Å². The quantitative estimate of drug-likeness (QED) is 0.357. The summed E-state index contributed by atoms with van der Waals surface area (Å²) in [5.41, 5.74) is 1.40. The van der Waals surface area contributed by atoms with E-state index in [9.17, 15) is 9.59 Å². The Morgan fingerprint density at radius 3 is 2.76 bits per heavy atom. The molecule has 1 heterocycles. The van der Waals surface area contributed by atoms with E-state index in [4.69, 9.17) is 14.2 Å². The van der Waals surface area contributed by atoms with Crippen LogP contribution in [0, 0.1) is 5.92 Å². The van der Waals surface area contributed by atoms with Crippen LogP contribution in [-0.2, 0) is 16.1 Å². The molecule has 0 radical (unpaired) electrons. The van der Waals surface area contributed by atoms with Crippen LogP contribution < -0.4 is 9.47 Å². The van der Waals surface area contributed by atoms with Gasteiger partial charge < -0.3 is 14.2 Å². The summed E-state index contributed by atoms with van der Waals surface area (Å²) >= 11 is 0. The Labute approximate surface area is 168 Å². The highest BCUT2D eigenvalue weighted by atomic mass is 16.5. The first-order valence-corrected chi connectivity index (χ1v) is 9.35. The second-order valence-electron chi connectivity index (χ2n) is 6.77. The number of ether oxygens (including phenoxy) is 3. The van der Waals surface area contributed by atoms with Gasteiger partial charge in [-0.3, -0.25) is 9.59 Å². The number of hydrogen-bond donors (Lipinski definition) is 0. The molecule has 29 heavy (non-hydrogen) atoms. The van der Waals surface area contributed by atoms with Crippen molar-refractivity contribution in [1.82, 2.24) is 0 Å². The maximum absolute atomic E-state index is 12.6. The van der Waals surface area contributed by atoms with Crippen LogP contribution in [-0.4, -0.2) is 25.0 Å². The van der Waals surface area contributed by atoms with E-state index < -0.39 is 11.9 Å². The van der Waals surface area contributed by atoms with E-state index in [1.165, 1.54) is 11.5 Å². The summed E-state index contributed by atoms with van der Waals surface area (Å²) in [7, 11) is 0. The molecule has 1 aliphatic heterocycles. The van der Waals surface area contributed by atoms with Crippen LogP contribution in [0.4, 0.5) is 0 Å². The molecule has 146 valence electrons. The first-order chi connectivity index (χ1) is 14.2. The van der Waals surface area contributed by atoms with Crippen molar-refractivity contribution in [1.29, 1.82) is 0 Å². The van der Waals surface area contributed by atoms with E-state index in [0.717, 1.165) is 10.9 Å². The highest BCUT2D eigenvalue weighted by Gasteiger charge is 2.35. The smallest absolute Gasteiger partial charge is 0.320 e. The van der Waals surface area contributed by atoms with E-state index in [2.05, 4.69) is 30.8 Å². The number of fused-ring (bicyclic) bond motifs is 2. The lowest BCUT2D eigenvalue weighted by Gasteiger charge is -2.23. The van der Waals surface area contributed by atoms with Crippen molar-refractivity contribution in [3.05, 3.63) is 84.4 Å². The molecule has 5 nitrogen and oxygen atoms in total. The molecule has 5 heteroatoms. The van der Waals surface area contributed by atoms with Crippen LogP contribution in [0.2, 0.25) is 0 Å². The Morgan fingerprint density at radius 1 is 1.10 bits per heavy atom. The van der Waals surface area contributed by atoms with Crippen molar-refractivity contribution in [2.75, 3.05) is 13.2 Å². The molecule has 1 atom stereocenters. The van der Waals surface area contributed by atoms with Crippen LogP contribution >= 0.6 is 0 Å². The molecule has 0 amide bonds. The van der Waals surface area contributed by atoms with E-state index >= 15 is 0 Å². The second kappa shape index (κ2) is 8.19. The molecule has 0 saturated carbocycles. The van der Waals surface area contributed by atoms with Crippen molar-refractivity contribution in [2.24, 2.45) is 5.92 Å². The molecule has 4 rings (SSSR count). The number of benzene rings is 3. The third-order valence-electron chi connectivity index (χ3n) is 4.79. The second-order valence-corrected chi connectivity index (χ2v) is 6.77. The molecule has 0 aromatic heterocycles. The number of hydrogen-bond acceptors (Lipinski definition) is 5. The van der Waals surface area contributed by atoms with Crippen LogP contribution in [0.5, 0.6) is 11.5 Å². The minimum Gasteiger partial charge on any atom is -0.491 e. The molecular formula is C24H20O5. The summed E-state index contributed by atoms with van der Waals surface area (Å²) in [6, 6.07) is 19.3. The molecule has 3 aromatic rings. The number of esters is 1. The minimum absolute atomic E-state index is 0.0457. The third-order valence-corrected chi connectivity index (χ3v) is 4.79. The van der Waals surface area contributed by atoms with Gasteiger partial charge in [0, 0.05) is 6.07 Å². The van der Waals surface area contributed by atoms with E-state index in [0.29, 0.717) is 23.7 Å². The van der Waals surface area contributed by atoms with Gasteiger partial charge in [-0.25, -0.2) is 0 Å². The molecule has 0 aliphatic carbocycles. The van der Waals surface area contributed by atoms with E-state index in [1.54, 1.807) is 18.2 Å². The first kappa shape index (κ1) is 18.7. The Hall–Kier alpha value is -3.60. The lowest BCUT2D eigenvalue weighted by atomic mass is 9.95. The predicted molar refractivity (Wildman–Crippen MR) is 109 cm³/mol. The summed E-state index contributed by atoms with van der Waals surface area (Å²) < 4.78 is 16.5. The zero-order valence-electron chi connectivity index (χ0n) is 15.8. The fourth-order valence-corrected chi connectivity index (χ4v) is 3.26. The Kier molecular flexibility index (Phi) is 5.29.